The second-order valence-corrected chi connectivity index (χ2v) is 6.15. The van der Waals surface area contributed by atoms with Gasteiger partial charge in [-0.05, 0) is 57.9 Å². The average molecular weight is 274 g/mol. The number of nitrogens with zero attached hydrogens (tertiary/aromatic N) is 1. The minimum absolute atomic E-state index is 0.304. The number of rotatable bonds is 4. The van der Waals surface area contributed by atoms with Gasteiger partial charge in [0.1, 0.15) is 0 Å². The van der Waals surface area contributed by atoms with E-state index in [1.54, 1.807) is 0 Å². The monoisotopic (exact) mass is 274 g/mol. The van der Waals surface area contributed by atoms with Crippen molar-refractivity contribution in [1.29, 1.82) is 0 Å². The van der Waals surface area contributed by atoms with Crippen molar-refractivity contribution < 1.29 is 9.31 Å². The van der Waals surface area contributed by atoms with Gasteiger partial charge in [-0.15, -0.1) is 0 Å². The third-order valence-corrected chi connectivity index (χ3v) is 3.97. The number of nitrogens with two attached hydrogens (primary N) is 1. The Labute approximate surface area is 121 Å². The van der Waals surface area contributed by atoms with Crippen LogP contribution >= 0.6 is 0 Å². The normalized spacial score (nSPS) is 20.8. The van der Waals surface area contributed by atoms with Gasteiger partial charge in [0, 0.05) is 12.4 Å². The van der Waals surface area contributed by atoms with Crippen LogP contribution in [0.3, 0.4) is 0 Å². The molecule has 2 N–H and O–H groups in total. The number of pyridine rings is 1. The minimum Gasteiger partial charge on any atom is -0.400 e. The lowest BCUT2D eigenvalue weighted by molar-refractivity contribution is 0.00578. The largest absolute Gasteiger partial charge is 0.487 e. The molecule has 0 saturated carbocycles. The maximum absolute atomic E-state index is 5.91. The Hall–Kier alpha value is -1.17. The van der Waals surface area contributed by atoms with Crippen molar-refractivity contribution in [3.05, 3.63) is 35.6 Å². The maximum atomic E-state index is 5.91. The van der Waals surface area contributed by atoms with Gasteiger partial charge >= 0.3 is 7.12 Å². The van der Waals surface area contributed by atoms with E-state index in [1.165, 1.54) is 0 Å². The highest BCUT2D eigenvalue weighted by Gasteiger charge is 2.49. The first-order valence-corrected chi connectivity index (χ1v) is 7.02. The van der Waals surface area contributed by atoms with Crippen LogP contribution in [0.1, 0.15) is 38.8 Å². The molecule has 0 spiro atoms. The van der Waals surface area contributed by atoms with Crippen molar-refractivity contribution in [2.24, 2.45) is 5.73 Å². The maximum Gasteiger partial charge on any atom is 0.487 e. The summed E-state index contributed by atoms with van der Waals surface area (Å²) in [7, 11) is -0.321. The lowest BCUT2D eigenvalue weighted by atomic mass is 9.89. The van der Waals surface area contributed by atoms with Crippen LogP contribution in [0.2, 0.25) is 0 Å². The Bertz CT molecular complexity index is 484. The molecule has 5 heteroatoms. The van der Waals surface area contributed by atoms with Crippen LogP contribution in [0.25, 0.3) is 6.08 Å². The van der Waals surface area contributed by atoms with Crippen LogP contribution in [0.15, 0.2) is 24.4 Å². The third kappa shape index (κ3) is 3.29. The molecule has 0 atom stereocenters. The van der Waals surface area contributed by atoms with Gasteiger partial charge < -0.3 is 15.0 Å². The summed E-state index contributed by atoms with van der Waals surface area (Å²) in [6.07, 6.45) is 6.49. The number of aromatic nitrogens is 1. The average Bonchev–Trinajstić information content (AvgIpc) is 2.56. The fourth-order valence-electron chi connectivity index (χ4n) is 2.06. The van der Waals surface area contributed by atoms with Crippen LogP contribution in [-0.2, 0) is 15.7 Å². The molecule has 0 aliphatic carbocycles. The molecule has 0 aromatic carbocycles. The highest BCUT2D eigenvalue weighted by atomic mass is 16.7. The van der Waals surface area contributed by atoms with Gasteiger partial charge in [-0.2, -0.15) is 0 Å². The first-order valence-electron chi connectivity index (χ1n) is 7.02. The summed E-state index contributed by atoms with van der Waals surface area (Å²) in [4.78, 5) is 4.22. The zero-order chi connectivity index (χ0) is 14.8. The van der Waals surface area contributed by atoms with E-state index in [2.05, 4.69) is 11.1 Å². The molecular formula is C15H23BN2O2. The molecule has 1 saturated heterocycles. The molecule has 0 unspecified atom stereocenters. The third-order valence-electron chi connectivity index (χ3n) is 3.97. The molecule has 1 fully saturated rings. The van der Waals surface area contributed by atoms with Crippen LogP contribution < -0.4 is 5.73 Å². The standard InChI is InChI=1S/C15H23BN2O2/c1-14(2)15(3,4)20-16(19-14)7-5-12-9-13(6-8-17)11-18-10-12/h5,7,9-11H,6,8,17H2,1-4H3/b7-5+. The molecule has 1 aromatic rings. The van der Waals surface area contributed by atoms with Gasteiger partial charge in [0.25, 0.3) is 0 Å². The zero-order valence-corrected chi connectivity index (χ0v) is 12.7. The Morgan fingerprint density at radius 1 is 1.20 bits per heavy atom. The van der Waals surface area contributed by atoms with E-state index >= 15 is 0 Å². The van der Waals surface area contributed by atoms with Crippen LogP contribution in [-0.4, -0.2) is 29.8 Å². The Kier molecular flexibility index (Phi) is 4.32. The van der Waals surface area contributed by atoms with Crippen LogP contribution in [0.5, 0.6) is 0 Å². The second kappa shape index (κ2) is 5.68. The molecule has 20 heavy (non-hydrogen) atoms. The molecule has 2 heterocycles. The first-order chi connectivity index (χ1) is 9.34. The summed E-state index contributed by atoms with van der Waals surface area (Å²) >= 11 is 0. The van der Waals surface area contributed by atoms with Crippen molar-refractivity contribution in [2.45, 2.75) is 45.3 Å². The van der Waals surface area contributed by atoms with E-state index in [-0.39, 0.29) is 18.3 Å². The van der Waals surface area contributed by atoms with Crippen molar-refractivity contribution in [3.8, 4) is 0 Å². The van der Waals surface area contributed by atoms with E-state index in [1.807, 2.05) is 52.1 Å². The number of hydrogen-bond acceptors (Lipinski definition) is 4. The second-order valence-electron chi connectivity index (χ2n) is 6.15. The predicted molar refractivity (Wildman–Crippen MR) is 82.1 cm³/mol. The molecule has 1 aliphatic rings. The molecule has 4 nitrogen and oxygen atoms in total. The predicted octanol–water partition coefficient (Wildman–Crippen LogP) is 2.23. The summed E-state index contributed by atoms with van der Waals surface area (Å²) in [6.45, 7) is 8.81. The molecule has 0 bridgehead atoms. The fourth-order valence-corrected chi connectivity index (χ4v) is 2.06. The van der Waals surface area contributed by atoms with Crippen molar-refractivity contribution in [1.82, 2.24) is 4.98 Å². The fraction of sp³-hybridized carbons (Fsp3) is 0.533. The van der Waals surface area contributed by atoms with Gasteiger partial charge in [-0.1, -0.05) is 12.1 Å². The first kappa shape index (κ1) is 15.2. The SMILES string of the molecule is CC1(C)OB(/C=C/c2cncc(CCN)c2)OC1(C)C. The lowest BCUT2D eigenvalue weighted by Gasteiger charge is -2.32. The van der Waals surface area contributed by atoms with Gasteiger partial charge in [0.05, 0.1) is 11.2 Å². The topological polar surface area (TPSA) is 57.4 Å². The minimum atomic E-state index is -0.321. The summed E-state index contributed by atoms with van der Waals surface area (Å²) < 4.78 is 11.8. The molecule has 1 aromatic heterocycles. The summed E-state index contributed by atoms with van der Waals surface area (Å²) in [6, 6.07) is 2.08. The molecule has 0 radical (unpaired) electrons. The molecular weight excluding hydrogens is 251 g/mol. The molecule has 2 rings (SSSR count). The van der Waals surface area contributed by atoms with E-state index < -0.39 is 0 Å². The summed E-state index contributed by atoms with van der Waals surface area (Å²) in [5, 5.41) is 0. The molecule has 108 valence electrons. The van der Waals surface area contributed by atoms with Gasteiger partial charge in [-0.3, -0.25) is 4.98 Å². The highest BCUT2D eigenvalue weighted by molar-refractivity contribution is 6.52. The molecule has 0 amide bonds. The van der Waals surface area contributed by atoms with Crippen LogP contribution in [0.4, 0.5) is 0 Å². The van der Waals surface area contributed by atoms with E-state index in [0.717, 1.165) is 17.5 Å². The van der Waals surface area contributed by atoms with Gasteiger partial charge in [0.15, 0.2) is 0 Å². The van der Waals surface area contributed by atoms with Crippen molar-refractivity contribution in [2.75, 3.05) is 6.54 Å². The van der Waals surface area contributed by atoms with E-state index in [0.29, 0.717) is 6.54 Å². The van der Waals surface area contributed by atoms with Gasteiger partial charge in [-0.25, -0.2) is 0 Å². The quantitative estimate of drug-likeness (QED) is 0.855. The van der Waals surface area contributed by atoms with Gasteiger partial charge in [0.2, 0.25) is 0 Å². The Balaban J connectivity index is 2.06. The van der Waals surface area contributed by atoms with E-state index in [4.69, 9.17) is 15.0 Å². The Morgan fingerprint density at radius 3 is 2.45 bits per heavy atom. The highest BCUT2D eigenvalue weighted by Crippen LogP contribution is 2.36. The smallest absolute Gasteiger partial charge is 0.400 e. The lowest BCUT2D eigenvalue weighted by Crippen LogP contribution is -2.41. The summed E-state index contributed by atoms with van der Waals surface area (Å²) in [5.41, 5.74) is 7.13. The molecule has 1 aliphatic heterocycles. The Morgan fingerprint density at radius 2 is 1.85 bits per heavy atom. The zero-order valence-electron chi connectivity index (χ0n) is 12.7. The van der Waals surface area contributed by atoms with Crippen LogP contribution in [0, 0.1) is 0 Å². The van der Waals surface area contributed by atoms with E-state index in [9.17, 15) is 0 Å². The van der Waals surface area contributed by atoms with Crippen molar-refractivity contribution >= 4 is 13.2 Å². The number of hydrogen-bond donors (Lipinski definition) is 1. The summed E-state index contributed by atoms with van der Waals surface area (Å²) in [5.74, 6) is 1.93. The van der Waals surface area contributed by atoms with Crippen molar-refractivity contribution in [3.63, 3.8) is 0 Å².